The zero-order valence-corrected chi connectivity index (χ0v) is 4.04. The highest BCUT2D eigenvalue weighted by Crippen LogP contribution is 1.74. The first-order chi connectivity index (χ1) is 2.41. The minimum absolute atomic E-state index is 0.767. The summed E-state index contributed by atoms with van der Waals surface area (Å²) in [6, 6.07) is 0. The summed E-state index contributed by atoms with van der Waals surface area (Å²) in [5.41, 5.74) is 5.09. The van der Waals surface area contributed by atoms with E-state index in [1.54, 1.807) is 0 Å². The number of nitrogens with two attached hydrogens (primary N) is 1. The fourth-order valence-corrected chi connectivity index (χ4v) is 0.274. The maximum atomic E-state index is 5.09. The molecule has 0 saturated heterocycles. The Kier molecular flexibility index (Phi) is 4.58. The van der Waals surface area contributed by atoms with Gasteiger partial charge in [0.15, 0.2) is 0 Å². The summed E-state index contributed by atoms with van der Waals surface area (Å²) in [6.07, 6.45) is 1.03. The number of thiol groups is 1. The summed E-state index contributed by atoms with van der Waals surface area (Å²) in [7, 11) is 0. The molecule has 0 saturated carbocycles. The Balaban J connectivity index is 2.19. The molecule has 0 aromatic heterocycles. The van der Waals surface area contributed by atoms with E-state index in [-0.39, 0.29) is 0 Å². The summed E-state index contributed by atoms with van der Waals surface area (Å²) in [5.74, 6) is 0.913. The lowest BCUT2D eigenvalue weighted by atomic mass is 10.5. The van der Waals surface area contributed by atoms with Gasteiger partial charge in [-0.15, -0.1) is 0 Å². The predicted octanol–water partition coefficient (Wildman–Crippen LogP) is 0.265. The van der Waals surface area contributed by atoms with Crippen LogP contribution in [0.2, 0.25) is 0 Å². The van der Waals surface area contributed by atoms with Crippen molar-refractivity contribution in [2.24, 2.45) is 5.73 Å². The molecule has 5 heavy (non-hydrogen) atoms. The number of hydrogen-bond acceptors (Lipinski definition) is 2. The zero-order chi connectivity index (χ0) is 4.12. The fourth-order valence-electron chi connectivity index (χ4n) is 0.0913. The van der Waals surface area contributed by atoms with Crippen molar-refractivity contribution in [2.45, 2.75) is 6.42 Å². The monoisotopic (exact) mass is 91.0 g/mol. The quantitative estimate of drug-likeness (QED) is 0.469. The molecule has 0 unspecified atom stereocenters. The SMILES string of the molecule is NCCCS. The molecule has 1 nitrogen and oxygen atoms in total. The van der Waals surface area contributed by atoms with Crippen LogP contribution in [0.4, 0.5) is 0 Å². The molecule has 32 valence electrons. The van der Waals surface area contributed by atoms with Gasteiger partial charge in [0.05, 0.1) is 0 Å². The van der Waals surface area contributed by atoms with Gasteiger partial charge in [-0.05, 0) is 18.7 Å². The van der Waals surface area contributed by atoms with Crippen molar-refractivity contribution < 1.29 is 0 Å². The average molecular weight is 91.2 g/mol. The first kappa shape index (κ1) is 5.31. The van der Waals surface area contributed by atoms with Crippen molar-refractivity contribution >= 4 is 12.6 Å². The molecule has 0 aromatic rings. The van der Waals surface area contributed by atoms with Crippen LogP contribution < -0.4 is 5.73 Å². The molecule has 0 aliphatic heterocycles. The predicted molar refractivity (Wildman–Crippen MR) is 27.5 cm³/mol. The normalized spacial score (nSPS) is 8.40. The van der Waals surface area contributed by atoms with Crippen LogP contribution in [0, 0.1) is 0 Å². The molecule has 0 aliphatic rings. The van der Waals surface area contributed by atoms with Crippen LogP contribution in [0.1, 0.15) is 6.42 Å². The van der Waals surface area contributed by atoms with E-state index in [1.165, 1.54) is 0 Å². The van der Waals surface area contributed by atoms with Crippen molar-refractivity contribution in [1.29, 1.82) is 0 Å². The van der Waals surface area contributed by atoms with E-state index in [2.05, 4.69) is 12.6 Å². The lowest BCUT2D eigenvalue weighted by molar-refractivity contribution is 0.946. The van der Waals surface area contributed by atoms with E-state index in [4.69, 9.17) is 5.73 Å². The Labute approximate surface area is 38.0 Å². The highest BCUT2D eigenvalue weighted by molar-refractivity contribution is 7.80. The Hall–Kier alpha value is 0.310. The molecule has 2 N–H and O–H groups in total. The van der Waals surface area contributed by atoms with Crippen LogP contribution >= 0.6 is 12.6 Å². The maximum absolute atomic E-state index is 5.09. The molecule has 0 radical (unpaired) electrons. The molecule has 0 atom stereocenters. The van der Waals surface area contributed by atoms with E-state index in [0.717, 1.165) is 18.7 Å². The van der Waals surface area contributed by atoms with Gasteiger partial charge in [-0.3, -0.25) is 0 Å². The van der Waals surface area contributed by atoms with Gasteiger partial charge in [-0.2, -0.15) is 12.6 Å². The molecule has 0 bridgehead atoms. The minimum Gasteiger partial charge on any atom is -0.330 e. The molecule has 0 heterocycles. The van der Waals surface area contributed by atoms with Gasteiger partial charge in [0.2, 0.25) is 0 Å². The van der Waals surface area contributed by atoms with Crippen molar-refractivity contribution in [1.82, 2.24) is 0 Å². The van der Waals surface area contributed by atoms with E-state index in [0.29, 0.717) is 0 Å². The second-order valence-electron chi connectivity index (χ2n) is 0.866. The summed E-state index contributed by atoms with van der Waals surface area (Å²) in [4.78, 5) is 0. The van der Waals surface area contributed by atoms with Gasteiger partial charge in [-0.25, -0.2) is 0 Å². The van der Waals surface area contributed by atoms with E-state index >= 15 is 0 Å². The Morgan fingerprint density at radius 3 is 2.20 bits per heavy atom. The topological polar surface area (TPSA) is 26.0 Å². The van der Waals surface area contributed by atoms with Crippen LogP contribution in [0.5, 0.6) is 0 Å². The summed E-state index contributed by atoms with van der Waals surface area (Å²) in [5, 5.41) is 0. The standard InChI is InChI=1S/C3H9NS/c4-2-1-3-5/h5H,1-4H2. The third kappa shape index (κ3) is 4.31. The lowest BCUT2D eigenvalue weighted by Gasteiger charge is -1.79. The first-order valence-electron chi connectivity index (χ1n) is 1.72. The summed E-state index contributed by atoms with van der Waals surface area (Å²) in [6.45, 7) is 0.767. The zero-order valence-electron chi connectivity index (χ0n) is 3.15. The number of hydrogen-bond donors (Lipinski definition) is 2. The highest BCUT2D eigenvalue weighted by atomic mass is 32.1. The molecule has 0 rings (SSSR count). The lowest BCUT2D eigenvalue weighted by Crippen LogP contribution is -1.97. The van der Waals surface area contributed by atoms with Crippen molar-refractivity contribution in [3.05, 3.63) is 0 Å². The average Bonchev–Trinajstić information content (AvgIpc) is 1.41. The summed E-state index contributed by atoms with van der Waals surface area (Å²) >= 11 is 3.92. The van der Waals surface area contributed by atoms with Crippen LogP contribution in [0.25, 0.3) is 0 Å². The maximum Gasteiger partial charge on any atom is -0.00695 e. The van der Waals surface area contributed by atoms with Gasteiger partial charge in [0.25, 0.3) is 0 Å². The Morgan fingerprint density at radius 1 is 1.60 bits per heavy atom. The van der Waals surface area contributed by atoms with Gasteiger partial charge in [0.1, 0.15) is 0 Å². The van der Waals surface area contributed by atoms with Crippen molar-refractivity contribution in [2.75, 3.05) is 12.3 Å². The molecule has 2 heteroatoms. The van der Waals surface area contributed by atoms with E-state index in [1.807, 2.05) is 0 Å². The third-order valence-corrected chi connectivity index (χ3v) is 0.678. The van der Waals surface area contributed by atoms with Gasteiger partial charge >= 0.3 is 0 Å². The Morgan fingerprint density at radius 2 is 2.20 bits per heavy atom. The molecule has 0 fully saturated rings. The van der Waals surface area contributed by atoms with Gasteiger partial charge in [0, 0.05) is 0 Å². The number of rotatable bonds is 2. The highest BCUT2D eigenvalue weighted by Gasteiger charge is 1.68. The van der Waals surface area contributed by atoms with Crippen LogP contribution in [0.15, 0.2) is 0 Å². The largest absolute Gasteiger partial charge is 0.330 e. The van der Waals surface area contributed by atoms with Gasteiger partial charge < -0.3 is 5.73 Å². The molecular weight excluding hydrogens is 82.1 g/mol. The van der Waals surface area contributed by atoms with E-state index in [9.17, 15) is 0 Å². The van der Waals surface area contributed by atoms with Crippen LogP contribution in [-0.4, -0.2) is 12.3 Å². The first-order valence-corrected chi connectivity index (χ1v) is 2.36. The van der Waals surface area contributed by atoms with Crippen molar-refractivity contribution in [3.8, 4) is 0 Å². The molecule has 0 aliphatic carbocycles. The summed E-state index contributed by atoms with van der Waals surface area (Å²) < 4.78 is 0. The van der Waals surface area contributed by atoms with E-state index < -0.39 is 0 Å². The molecule has 0 spiro atoms. The Bertz CT molecular complexity index is 14.4. The fraction of sp³-hybridized carbons (Fsp3) is 1.00. The van der Waals surface area contributed by atoms with Crippen molar-refractivity contribution in [3.63, 3.8) is 0 Å². The molecular formula is C3H9NS. The molecule has 0 amide bonds. The smallest absolute Gasteiger partial charge is 0.00695 e. The minimum atomic E-state index is 0.767. The van der Waals surface area contributed by atoms with Gasteiger partial charge in [-0.1, -0.05) is 0 Å². The van der Waals surface area contributed by atoms with Crippen LogP contribution in [-0.2, 0) is 0 Å². The second kappa shape index (κ2) is 4.31. The molecule has 0 aromatic carbocycles. The second-order valence-corrected chi connectivity index (χ2v) is 1.31. The third-order valence-electron chi connectivity index (χ3n) is 0.362. The van der Waals surface area contributed by atoms with Crippen LogP contribution in [0.3, 0.4) is 0 Å².